The van der Waals surface area contributed by atoms with E-state index in [4.69, 9.17) is 10.5 Å². The van der Waals surface area contributed by atoms with Crippen LogP contribution in [0.2, 0.25) is 0 Å². The van der Waals surface area contributed by atoms with E-state index < -0.39 is 0 Å². The molecule has 2 N–H and O–H groups in total. The van der Waals surface area contributed by atoms with Crippen LogP contribution in [0.3, 0.4) is 0 Å². The first-order chi connectivity index (χ1) is 9.24. The Bertz CT molecular complexity index is 602. The molecule has 0 radical (unpaired) electrons. The molecule has 0 bridgehead atoms. The van der Waals surface area contributed by atoms with Gasteiger partial charge in [-0.25, -0.2) is 4.39 Å². The quantitative estimate of drug-likeness (QED) is 0.685. The van der Waals surface area contributed by atoms with Crippen molar-refractivity contribution in [3.8, 4) is 5.75 Å². The summed E-state index contributed by atoms with van der Waals surface area (Å²) in [6.45, 7) is 0.670. The molecule has 0 spiro atoms. The number of ether oxygens (including phenoxy) is 1. The van der Waals surface area contributed by atoms with Gasteiger partial charge in [-0.1, -0.05) is 18.2 Å². The van der Waals surface area contributed by atoms with E-state index in [-0.39, 0.29) is 5.82 Å². The average molecular weight is 275 g/mol. The summed E-state index contributed by atoms with van der Waals surface area (Å²) in [5, 5.41) is 0. The maximum Gasteiger partial charge on any atom is 0.138 e. The molecule has 1 heterocycles. The minimum atomic E-state index is -0.253. The number of halogens is 1. The van der Waals surface area contributed by atoms with Crippen LogP contribution in [0.15, 0.2) is 47.4 Å². The standard InChI is InChI=1S/C15H14FNOS/c16-13-7-11(17)5-6-15(13)19-9-10-8-18-14-4-2-1-3-12(10)14/h1-7,10H,8-9,17H2. The molecular formula is C15H14FNOS. The lowest BCUT2D eigenvalue weighted by Crippen LogP contribution is -2.03. The topological polar surface area (TPSA) is 35.2 Å². The summed E-state index contributed by atoms with van der Waals surface area (Å²) in [4.78, 5) is 0.638. The van der Waals surface area contributed by atoms with Crippen molar-refractivity contribution in [3.63, 3.8) is 0 Å². The van der Waals surface area contributed by atoms with Crippen molar-refractivity contribution in [2.45, 2.75) is 10.8 Å². The van der Waals surface area contributed by atoms with E-state index in [2.05, 4.69) is 6.07 Å². The third kappa shape index (κ3) is 2.54. The molecule has 19 heavy (non-hydrogen) atoms. The molecule has 0 aliphatic carbocycles. The number of fused-ring (bicyclic) bond motifs is 1. The van der Waals surface area contributed by atoms with Gasteiger partial charge in [-0.3, -0.25) is 0 Å². The van der Waals surface area contributed by atoms with Gasteiger partial charge in [0.05, 0.1) is 6.61 Å². The molecule has 1 unspecified atom stereocenters. The van der Waals surface area contributed by atoms with Gasteiger partial charge in [-0.2, -0.15) is 0 Å². The van der Waals surface area contributed by atoms with Crippen LogP contribution in [-0.2, 0) is 0 Å². The van der Waals surface area contributed by atoms with Crippen LogP contribution < -0.4 is 10.5 Å². The zero-order valence-corrected chi connectivity index (χ0v) is 11.1. The van der Waals surface area contributed by atoms with E-state index in [1.807, 2.05) is 18.2 Å². The van der Waals surface area contributed by atoms with Crippen molar-refractivity contribution in [2.75, 3.05) is 18.1 Å². The number of nitrogen functional groups attached to an aromatic ring is 1. The lowest BCUT2D eigenvalue weighted by molar-refractivity contribution is 0.338. The van der Waals surface area contributed by atoms with E-state index in [1.54, 1.807) is 12.1 Å². The second kappa shape index (κ2) is 5.13. The molecule has 1 aliphatic rings. The fraction of sp³-hybridized carbons (Fsp3) is 0.200. The molecule has 1 atom stereocenters. The second-order valence-electron chi connectivity index (χ2n) is 4.55. The van der Waals surface area contributed by atoms with Gasteiger partial charge in [0.15, 0.2) is 0 Å². The van der Waals surface area contributed by atoms with Gasteiger partial charge in [-0.05, 0) is 24.3 Å². The summed E-state index contributed by atoms with van der Waals surface area (Å²) < 4.78 is 19.3. The van der Waals surface area contributed by atoms with E-state index in [9.17, 15) is 4.39 Å². The molecule has 4 heteroatoms. The van der Waals surface area contributed by atoms with Gasteiger partial charge in [-0.15, -0.1) is 11.8 Å². The Hall–Kier alpha value is -1.68. The average Bonchev–Trinajstić information content (AvgIpc) is 2.81. The summed E-state index contributed by atoms with van der Waals surface area (Å²) in [6.07, 6.45) is 0. The van der Waals surface area contributed by atoms with E-state index >= 15 is 0 Å². The fourth-order valence-corrected chi connectivity index (χ4v) is 3.21. The number of rotatable bonds is 3. The van der Waals surface area contributed by atoms with Crippen molar-refractivity contribution in [1.29, 1.82) is 0 Å². The third-order valence-electron chi connectivity index (χ3n) is 3.19. The minimum absolute atomic E-state index is 0.253. The summed E-state index contributed by atoms with van der Waals surface area (Å²) in [5.74, 6) is 1.82. The highest BCUT2D eigenvalue weighted by Gasteiger charge is 2.23. The van der Waals surface area contributed by atoms with Crippen LogP contribution in [0.25, 0.3) is 0 Å². The molecular weight excluding hydrogens is 261 g/mol. The van der Waals surface area contributed by atoms with Crippen LogP contribution in [-0.4, -0.2) is 12.4 Å². The molecule has 2 aromatic rings. The van der Waals surface area contributed by atoms with E-state index in [0.717, 1.165) is 11.5 Å². The molecule has 2 nitrogen and oxygen atoms in total. The van der Waals surface area contributed by atoms with Crippen LogP contribution in [0.4, 0.5) is 10.1 Å². The Kier molecular flexibility index (Phi) is 3.34. The lowest BCUT2D eigenvalue weighted by atomic mass is 10.0. The van der Waals surface area contributed by atoms with E-state index in [1.165, 1.54) is 23.4 Å². The van der Waals surface area contributed by atoms with Crippen LogP contribution in [0.1, 0.15) is 11.5 Å². The molecule has 0 amide bonds. The largest absolute Gasteiger partial charge is 0.493 e. The van der Waals surface area contributed by atoms with Gasteiger partial charge in [0.2, 0.25) is 0 Å². The first kappa shape index (κ1) is 12.4. The predicted molar refractivity (Wildman–Crippen MR) is 76.2 cm³/mol. The Morgan fingerprint density at radius 3 is 2.95 bits per heavy atom. The normalized spacial score (nSPS) is 17.0. The third-order valence-corrected chi connectivity index (χ3v) is 4.41. The molecule has 0 fully saturated rings. The molecule has 0 saturated carbocycles. The summed E-state index contributed by atoms with van der Waals surface area (Å²) in [5.41, 5.74) is 7.21. The minimum Gasteiger partial charge on any atom is -0.493 e. The zero-order chi connectivity index (χ0) is 13.2. The maximum atomic E-state index is 13.7. The van der Waals surface area contributed by atoms with Crippen molar-refractivity contribution in [2.24, 2.45) is 0 Å². The Balaban J connectivity index is 1.71. The molecule has 98 valence electrons. The summed E-state index contributed by atoms with van der Waals surface area (Å²) >= 11 is 1.51. The smallest absolute Gasteiger partial charge is 0.138 e. The molecule has 3 rings (SSSR count). The molecule has 2 aromatic carbocycles. The molecule has 0 aromatic heterocycles. The Morgan fingerprint density at radius 1 is 1.26 bits per heavy atom. The summed E-state index contributed by atoms with van der Waals surface area (Å²) in [6, 6.07) is 12.8. The molecule has 1 aliphatic heterocycles. The number of anilines is 1. The van der Waals surface area contributed by atoms with Gasteiger partial charge in [0.25, 0.3) is 0 Å². The second-order valence-corrected chi connectivity index (χ2v) is 5.61. The maximum absolute atomic E-state index is 13.7. The fourth-order valence-electron chi connectivity index (χ4n) is 2.19. The number of thioether (sulfide) groups is 1. The predicted octanol–water partition coefficient (Wildman–Crippen LogP) is 3.68. The van der Waals surface area contributed by atoms with Crippen LogP contribution >= 0.6 is 11.8 Å². The van der Waals surface area contributed by atoms with Crippen molar-refractivity contribution in [3.05, 3.63) is 53.8 Å². The number of benzene rings is 2. The monoisotopic (exact) mass is 275 g/mol. The molecule has 0 saturated heterocycles. The first-order valence-electron chi connectivity index (χ1n) is 6.13. The highest BCUT2D eigenvalue weighted by molar-refractivity contribution is 7.99. The summed E-state index contributed by atoms with van der Waals surface area (Å²) in [7, 11) is 0. The lowest BCUT2D eigenvalue weighted by Gasteiger charge is -2.09. The Labute approximate surface area is 115 Å². The number of para-hydroxylation sites is 1. The van der Waals surface area contributed by atoms with Crippen molar-refractivity contribution in [1.82, 2.24) is 0 Å². The first-order valence-corrected chi connectivity index (χ1v) is 7.12. The van der Waals surface area contributed by atoms with E-state index in [0.29, 0.717) is 23.1 Å². The van der Waals surface area contributed by atoms with Crippen molar-refractivity contribution < 1.29 is 9.13 Å². The van der Waals surface area contributed by atoms with Gasteiger partial charge >= 0.3 is 0 Å². The van der Waals surface area contributed by atoms with Gasteiger partial charge < -0.3 is 10.5 Å². The number of hydrogen-bond donors (Lipinski definition) is 1. The van der Waals surface area contributed by atoms with Crippen LogP contribution in [0, 0.1) is 5.82 Å². The highest BCUT2D eigenvalue weighted by atomic mass is 32.2. The SMILES string of the molecule is Nc1ccc(SCC2COc3ccccc32)c(F)c1. The zero-order valence-electron chi connectivity index (χ0n) is 10.3. The van der Waals surface area contributed by atoms with Gasteiger partial charge in [0, 0.05) is 27.8 Å². The van der Waals surface area contributed by atoms with Crippen LogP contribution in [0.5, 0.6) is 5.75 Å². The Morgan fingerprint density at radius 2 is 2.11 bits per heavy atom. The van der Waals surface area contributed by atoms with Gasteiger partial charge in [0.1, 0.15) is 11.6 Å². The highest BCUT2D eigenvalue weighted by Crippen LogP contribution is 2.37. The van der Waals surface area contributed by atoms with Crippen molar-refractivity contribution >= 4 is 17.4 Å². The number of nitrogens with two attached hydrogens (primary N) is 1. The number of hydrogen-bond acceptors (Lipinski definition) is 3.